The Hall–Kier alpha value is -1.26. The monoisotopic (exact) mass is 263 g/mol. The van der Waals surface area contributed by atoms with Crippen LogP contribution in [0.3, 0.4) is 0 Å². The van der Waals surface area contributed by atoms with Crippen molar-refractivity contribution in [2.24, 2.45) is 5.92 Å². The van der Waals surface area contributed by atoms with Crippen molar-refractivity contribution >= 4 is 0 Å². The lowest BCUT2D eigenvalue weighted by Gasteiger charge is -2.19. The second-order valence-electron chi connectivity index (χ2n) is 5.16. The van der Waals surface area contributed by atoms with E-state index in [1.165, 1.54) is 12.0 Å². The van der Waals surface area contributed by atoms with Gasteiger partial charge in [0.05, 0.1) is 6.61 Å². The van der Waals surface area contributed by atoms with Crippen molar-refractivity contribution in [3.8, 4) is 11.5 Å². The van der Waals surface area contributed by atoms with Crippen LogP contribution in [0, 0.1) is 5.92 Å². The van der Waals surface area contributed by atoms with Gasteiger partial charge < -0.3 is 19.5 Å². The Morgan fingerprint density at radius 3 is 2.84 bits per heavy atom. The van der Waals surface area contributed by atoms with E-state index < -0.39 is 0 Å². The summed E-state index contributed by atoms with van der Waals surface area (Å²) in [7, 11) is 0. The highest BCUT2D eigenvalue weighted by Gasteiger charge is 2.15. The van der Waals surface area contributed by atoms with Gasteiger partial charge in [-0.1, -0.05) is 6.07 Å². The lowest BCUT2D eigenvalue weighted by atomic mass is 10.1. The van der Waals surface area contributed by atoms with Crippen molar-refractivity contribution in [3.63, 3.8) is 0 Å². The molecule has 0 spiro atoms. The molecule has 19 heavy (non-hydrogen) atoms. The summed E-state index contributed by atoms with van der Waals surface area (Å²) in [6.07, 6.45) is 2.21. The van der Waals surface area contributed by atoms with E-state index in [2.05, 4.69) is 17.4 Å². The molecule has 1 N–H and O–H groups in total. The fourth-order valence-corrected chi connectivity index (χ4v) is 2.53. The molecule has 0 radical (unpaired) electrons. The number of nitrogens with one attached hydrogen (secondary N) is 1. The predicted octanol–water partition coefficient (Wildman–Crippen LogP) is 1.63. The minimum atomic E-state index is 0.649. The molecule has 0 aromatic heterocycles. The van der Waals surface area contributed by atoms with E-state index in [4.69, 9.17) is 14.2 Å². The Bertz CT molecular complexity index is 416. The summed E-state index contributed by atoms with van der Waals surface area (Å²) in [5, 5.41) is 3.50. The van der Waals surface area contributed by atoms with E-state index in [0.29, 0.717) is 19.1 Å². The van der Waals surface area contributed by atoms with Gasteiger partial charge in [-0.2, -0.15) is 0 Å². The molecule has 2 aliphatic rings. The van der Waals surface area contributed by atoms with Crippen LogP contribution in [0.5, 0.6) is 11.5 Å². The zero-order valence-electron chi connectivity index (χ0n) is 11.2. The minimum absolute atomic E-state index is 0.649. The molecular formula is C15H21NO3. The third-order valence-electron chi connectivity index (χ3n) is 3.65. The summed E-state index contributed by atoms with van der Waals surface area (Å²) in [6.45, 7) is 5.19. The molecule has 2 aliphatic heterocycles. The number of hydrogen-bond acceptors (Lipinski definition) is 4. The van der Waals surface area contributed by atoms with Crippen LogP contribution in [-0.2, 0) is 11.2 Å². The van der Waals surface area contributed by atoms with Gasteiger partial charge in [0, 0.05) is 13.2 Å². The van der Waals surface area contributed by atoms with Gasteiger partial charge in [-0.3, -0.25) is 0 Å². The zero-order valence-corrected chi connectivity index (χ0v) is 11.2. The standard InChI is InChI=1S/C15H21NO3/c1-2-14-15(19-8-7-18-14)9-12(1)3-5-16-10-13-4-6-17-11-13/h1-2,9,13,16H,3-8,10-11H2. The second-order valence-corrected chi connectivity index (χ2v) is 5.16. The maximum atomic E-state index is 5.59. The van der Waals surface area contributed by atoms with Gasteiger partial charge >= 0.3 is 0 Å². The second kappa shape index (κ2) is 6.26. The SMILES string of the molecule is c1cc2c(cc1CCNCC1CCOC1)OCCO2. The van der Waals surface area contributed by atoms with Gasteiger partial charge in [-0.15, -0.1) is 0 Å². The first-order valence-electron chi connectivity index (χ1n) is 7.09. The normalized spacial score (nSPS) is 21.6. The van der Waals surface area contributed by atoms with Crippen molar-refractivity contribution < 1.29 is 14.2 Å². The summed E-state index contributed by atoms with van der Waals surface area (Å²) < 4.78 is 16.5. The summed E-state index contributed by atoms with van der Waals surface area (Å²) >= 11 is 0. The Kier molecular flexibility index (Phi) is 4.20. The molecular weight excluding hydrogens is 242 g/mol. The number of ether oxygens (including phenoxy) is 3. The summed E-state index contributed by atoms with van der Waals surface area (Å²) in [6, 6.07) is 6.22. The maximum absolute atomic E-state index is 5.59. The first-order chi connectivity index (χ1) is 9.42. The van der Waals surface area contributed by atoms with E-state index >= 15 is 0 Å². The maximum Gasteiger partial charge on any atom is 0.161 e. The van der Waals surface area contributed by atoms with Crippen LogP contribution in [0.1, 0.15) is 12.0 Å². The fraction of sp³-hybridized carbons (Fsp3) is 0.600. The van der Waals surface area contributed by atoms with E-state index in [9.17, 15) is 0 Å². The van der Waals surface area contributed by atoms with Gasteiger partial charge in [0.25, 0.3) is 0 Å². The van der Waals surface area contributed by atoms with Crippen molar-refractivity contribution in [1.29, 1.82) is 0 Å². The zero-order chi connectivity index (χ0) is 12.9. The molecule has 1 saturated heterocycles. The molecule has 0 amide bonds. The lowest BCUT2D eigenvalue weighted by molar-refractivity contribution is 0.171. The van der Waals surface area contributed by atoms with Crippen molar-refractivity contribution in [2.75, 3.05) is 39.5 Å². The van der Waals surface area contributed by atoms with Gasteiger partial charge in [-0.05, 0) is 43.0 Å². The molecule has 1 aromatic rings. The highest BCUT2D eigenvalue weighted by atomic mass is 16.6. The highest BCUT2D eigenvalue weighted by Crippen LogP contribution is 2.30. The van der Waals surface area contributed by atoms with Gasteiger partial charge in [0.1, 0.15) is 13.2 Å². The minimum Gasteiger partial charge on any atom is -0.486 e. The lowest BCUT2D eigenvalue weighted by Crippen LogP contribution is -2.25. The highest BCUT2D eigenvalue weighted by molar-refractivity contribution is 5.43. The van der Waals surface area contributed by atoms with Crippen LogP contribution in [0.2, 0.25) is 0 Å². The molecule has 104 valence electrons. The Morgan fingerprint density at radius 1 is 1.11 bits per heavy atom. The van der Waals surface area contributed by atoms with E-state index in [1.54, 1.807) is 0 Å². The number of hydrogen-bond donors (Lipinski definition) is 1. The predicted molar refractivity (Wildman–Crippen MR) is 72.9 cm³/mol. The average Bonchev–Trinajstić information content (AvgIpc) is 2.97. The first kappa shape index (κ1) is 12.8. The fourth-order valence-electron chi connectivity index (χ4n) is 2.53. The van der Waals surface area contributed by atoms with Crippen LogP contribution in [-0.4, -0.2) is 39.5 Å². The quantitative estimate of drug-likeness (QED) is 0.820. The molecule has 1 fully saturated rings. The molecule has 3 rings (SSSR count). The van der Waals surface area contributed by atoms with E-state index in [0.717, 1.165) is 44.2 Å². The Balaban J connectivity index is 1.44. The third-order valence-corrected chi connectivity index (χ3v) is 3.65. The van der Waals surface area contributed by atoms with Crippen molar-refractivity contribution in [1.82, 2.24) is 5.32 Å². The molecule has 1 atom stereocenters. The van der Waals surface area contributed by atoms with Crippen LogP contribution in [0.15, 0.2) is 18.2 Å². The van der Waals surface area contributed by atoms with Gasteiger partial charge in [-0.25, -0.2) is 0 Å². The van der Waals surface area contributed by atoms with Crippen LogP contribution >= 0.6 is 0 Å². The van der Waals surface area contributed by atoms with Crippen LogP contribution < -0.4 is 14.8 Å². The number of fused-ring (bicyclic) bond motifs is 1. The molecule has 0 aliphatic carbocycles. The molecule has 2 heterocycles. The Labute approximate surface area is 114 Å². The summed E-state index contributed by atoms with van der Waals surface area (Å²) in [4.78, 5) is 0. The Morgan fingerprint density at radius 2 is 2.00 bits per heavy atom. The first-order valence-corrected chi connectivity index (χ1v) is 7.09. The topological polar surface area (TPSA) is 39.7 Å². The van der Waals surface area contributed by atoms with Gasteiger partial charge in [0.2, 0.25) is 0 Å². The number of benzene rings is 1. The summed E-state index contributed by atoms with van der Waals surface area (Å²) in [5.41, 5.74) is 1.29. The molecule has 1 aromatic carbocycles. The average molecular weight is 263 g/mol. The summed E-state index contributed by atoms with van der Waals surface area (Å²) in [5.74, 6) is 2.44. The van der Waals surface area contributed by atoms with Crippen molar-refractivity contribution in [2.45, 2.75) is 12.8 Å². The molecule has 0 bridgehead atoms. The van der Waals surface area contributed by atoms with Crippen molar-refractivity contribution in [3.05, 3.63) is 23.8 Å². The third kappa shape index (κ3) is 3.39. The molecule has 4 heteroatoms. The van der Waals surface area contributed by atoms with Crippen LogP contribution in [0.4, 0.5) is 0 Å². The molecule has 0 saturated carbocycles. The molecule has 1 unspecified atom stereocenters. The molecule has 4 nitrogen and oxygen atoms in total. The van der Waals surface area contributed by atoms with E-state index in [-0.39, 0.29) is 0 Å². The smallest absolute Gasteiger partial charge is 0.161 e. The van der Waals surface area contributed by atoms with Gasteiger partial charge in [0.15, 0.2) is 11.5 Å². The van der Waals surface area contributed by atoms with Crippen LogP contribution in [0.25, 0.3) is 0 Å². The largest absolute Gasteiger partial charge is 0.486 e. The number of rotatable bonds is 5. The van der Waals surface area contributed by atoms with E-state index in [1.807, 2.05) is 6.07 Å².